The fourth-order valence-corrected chi connectivity index (χ4v) is 1.29. The second kappa shape index (κ2) is 4.72. The molecular formula is C9H12N2O4. The number of nitrogens with zero attached hydrogens (tertiary/aromatic N) is 1. The van der Waals surface area contributed by atoms with Crippen LogP contribution >= 0.6 is 0 Å². The number of aliphatic hydroxyl groups is 1. The molecular weight excluding hydrogens is 200 g/mol. The second-order valence-corrected chi connectivity index (χ2v) is 3.09. The molecule has 0 saturated heterocycles. The summed E-state index contributed by atoms with van der Waals surface area (Å²) in [5, 5.41) is 29.4. The highest BCUT2D eigenvalue weighted by atomic mass is 16.6. The monoisotopic (exact) mass is 212 g/mol. The number of nitrogens with two attached hydrogens (primary N) is 1. The molecule has 6 nitrogen and oxygen atoms in total. The molecule has 4 N–H and O–H groups in total. The first-order valence-electron chi connectivity index (χ1n) is 4.41. The third-order valence-electron chi connectivity index (χ3n) is 2.01. The van der Waals surface area contributed by atoms with Crippen LogP contribution in [0.3, 0.4) is 0 Å². The topological polar surface area (TPSA) is 110 Å². The lowest BCUT2D eigenvalue weighted by Gasteiger charge is -2.10. The van der Waals surface area contributed by atoms with Crippen molar-refractivity contribution in [3.8, 4) is 5.75 Å². The molecule has 1 unspecified atom stereocenters. The quantitative estimate of drug-likeness (QED) is 0.502. The summed E-state index contributed by atoms with van der Waals surface area (Å²) in [5.41, 5.74) is 5.11. The van der Waals surface area contributed by atoms with Crippen molar-refractivity contribution >= 4 is 5.69 Å². The Balaban J connectivity index is 3.12. The lowest BCUT2D eigenvalue weighted by atomic mass is 10.0. The minimum absolute atomic E-state index is 0.0884. The van der Waals surface area contributed by atoms with E-state index in [4.69, 9.17) is 5.73 Å². The van der Waals surface area contributed by atoms with Crippen LogP contribution in [0.15, 0.2) is 18.2 Å². The highest BCUT2D eigenvalue weighted by molar-refractivity contribution is 5.46. The van der Waals surface area contributed by atoms with Crippen molar-refractivity contribution in [2.45, 2.75) is 12.5 Å². The summed E-state index contributed by atoms with van der Waals surface area (Å²) in [4.78, 5) is 10.0. The largest absolute Gasteiger partial charge is 0.508 e. The summed E-state index contributed by atoms with van der Waals surface area (Å²) in [6.07, 6.45) is -0.813. The van der Waals surface area contributed by atoms with Crippen molar-refractivity contribution in [2.24, 2.45) is 5.73 Å². The van der Waals surface area contributed by atoms with Gasteiger partial charge in [0, 0.05) is 6.07 Å². The zero-order valence-electron chi connectivity index (χ0n) is 7.96. The maximum absolute atomic E-state index is 10.6. The number of benzene rings is 1. The minimum Gasteiger partial charge on any atom is -0.508 e. The highest BCUT2D eigenvalue weighted by Crippen LogP contribution is 2.29. The van der Waals surface area contributed by atoms with E-state index in [1.54, 1.807) is 0 Å². The first kappa shape index (κ1) is 11.4. The number of aromatic hydroxyl groups is 1. The van der Waals surface area contributed by atoms with Gasteiger partial charge < -0.3 is 15.9 Å². The van der Waals surface area contributed by atoms with E-state index in [0.717, 1.165) is 6.07 Å². The van der Waals surface area contributed by atoms with Crippen LogP contribution in [0.1, 0.15) is 18.1 Å². The Morgan fingerprint density at radius 1 is 1.53 bits per heavy atom. The molecule has 0 heterocycles. The Labute approximate surface area is 86.1 Å². The SMILES string of the molecule is NCCC(O)c1cc(O)ccc1[N+](=O)[O-]. The number of aliphatic hydroxyl groups excluding tert-OH is 1. The Bertz CT molecular complexity index is 367. The summed E-state index contributed by atoms with van der Waals surface area (Å²) >= 11 is 0. The van der Waals surface area contributed by atoms with Gasteiger partial charge in [-0.05, 0) is 25.1 Å². The zero-order chi connectivity index (χ0) is 11.4. The van der Waals surface area contributed by atoms with Crippen molar-refractivity contribution in [3.05, 3.63) is 33.9 Å². The number of hydrogen-bond acceptors (Lipinski definition) is 5. The lowest BCUT2D eigenvalue weighted by Crippen LogP contribution is -2.08. The molecule has 0 aliphatic carbocycles. The maximum Gasteiger partial charge on any atom is 0.275 e. The Morgan fingerprint density at radius 2 is 2.20 bits per heavy atom. The first-order valence-corrected chi connectivity index (χ1v) is 4.41. The third kappa shape index (κ3) is 2.64. The molecule has 0 bridgehead atoms. The van der Waals surface area contributed by atoms with Crippen LogP contribution in [0.2, 0.25) is 0 Å². The molecule has 0 spiro atoms. The van der Waals surface area contributed by atoms with Crippen LogP contribution < -0.4 is 5.73 Å². The number of hydrogen-bond donors (Lipinski definition) is 3. The molecule has 1 aromatic rings. The van der Waals surface area contributed by atoms with E-state index in [2.05, 4.69) is 0 Å². The summed E-state index contributed by atoms with van der Waals surface area (Å²) < 4.78 is 0. The lowest BCUT2D eigenvalue weighted by molar-refractivity contribution is -0.386. The number of nitro benzene ring substituents is 1. The van der Waals surface area contributed by atoms with Crippen LogP contribution in [0.5, 0.6) is 5.75 Å². The van der Waals surface area contributed by atoms with E-state index >= 15 is 0 Å². The normalized spacial score (nSPS) is 12.4. The van der Waals surface area contributed by atoms with Gasteiger partial charge in [0.15, 0.2) is 0 Å². The summed E-state index contributed by atoms with van der Waals surface area (Å²) in [6.45, 7) is 0.216. The summed E-state index contributed by atoms with van der Waals surface area (Å²) in [5.74, 6) is -0.119. The van der Waals surface area contributed by atoms with Gasteiger partial charge in [0.2, 0.25) is 0 Å². The van der Waals surface area contributed by atoms with Gasteiger partial charge in [0.25, 0.3) is 5.69 Å². The molecule has 15 heavy (non-hydrogen) atoms. The van der Waals surface area contributed by atoms with E-state index in [9.17, 15) is 20.3 Å². The standard InChI is InChI=1S/C9H12N2O4/c10-4-3-9(13)7-5-6(12)1-2-8(7)11(14)15/h1-2,5,9,12-13H,3-4,10H2. The van der Waals surface area contributed by atoms with E-state index in [1.165, 1.54) is 12.1 Å². The molecule has 6 heteroatoms. The fraction of sp³-hybridized carbons (Fsp3) is 0.333. The van der Waals surface area contributed by atoms with Gasteiger partial charge in [0.05, 0.1) is 16.6 Å². The van der Waals surface area contributed by atoms with Gasteiger partial charge in [-0.3, -0.25) is 10.1 Å². The molecule has 0 aliphatic heterocycles. The first-order chi connectivity index (χ1) is 7.06. The Kier molecular flexibility index (Phi) is 3.59. The van der Waals surface area contributed by atoms with E-state index < -0.39 is 11.0 Å². The number of phenols is 1. The molecule has 0 fully saturated rings. The molecule has 0 aromatic heterocycles. The van der Waals surface area contributed by atoms with Crippen molar-refractivity contribution in [1.29, 1.82) is 0 Å². The van der Waals surface area contributed by atoms with E-state index in [1.807, 2.05) is 0 Å². The maximum atomic E-state index is 10.6. The van der Waals surface area contributed by atoms with Crippen LogP contribution in [0.4, 0.5) is 5.69 Å². The smallest absolute Gasteiger partial charge is 0.275 e. The molecule has 1 rings (SSSR count). The van der Waals surface area contributed by atoms with Gasteiger partial charge in [-0.15, -0.1) is 0 Å². The van der Waals surface area contributed by atoms with Gasteiger partial charge in [-0.1, -0.05) is 0 Å². The Hall–Kier alpha value is -1.66. The van der Waals surface area contributed by atoms with Gasteiger partial charge in [-0.25, -0.2) is 0 Å². The van der Waals surface area contributed by atoms with Gasteiger partial charge >= 0.3 is 0 Å². The Morgan fingerprint density at radius 3 is 2.73 bits per heavy atom. The minimum atomic E-state index is -1.03. The molecule has 1 aromatic carbocycles. The fourth-order valence-electron chi connectivity index (χ4n) is 1.29. The van der Waals surface area contributed by atoms with Crippen LogP contribution in [-0.4, -0.2) is 21.7 Å². The van der Waals surface area contributed by atoms with Crippen LogP contribution in [-0.2, 0) is 0 Å². The molecule has 0 aliphatic rings. The summed E-state index contributed by atoms with van der Waals surface area (Å²) in [6, 6.07) is 3.54. The van der Waals surface area contributed by atoms with Crippen LogP contribution in [0.25, 0.3) is 0 Å². The predicted molar refractivity (Wildman–Crippen MR) is 53.4 cm³/mol. The average Bonchev–Trinajstić information content (AvgIpc) is 2.17. The van der Waals surface area contributed by atoms with Crippen molar-refractivity contribution < 1.29 is 15.1 Å². The molecule has 0 saturated carbocycles. The molecule has 82 valence electrons. The predicted octanol–water partition coefficient (Wildman–Crippen LogP) is 0.683. The molecule has 0 amide bonds. The van der Waals surface area contributed by atoms with Gasteiger partial charge in [-0.2, -0.15) is 0 Å². The number of rotatable bonds is 4. The number of nitro groups is 1. The van der Waals surface area contributed by atoms with Crippen molar-refractivity contribution in [1.82, 2.24) is 0 Å². The summed E-state index contributed by atoms with van der Waals surface area (Å²) in [7, 11) is 0. The molecule has 1 atom stereocenters. The van der Waals surface area contributed by atoms with Crippen molar-refractivity contribution in [3.63, 3.8) is 0 Å². The zero-order valence-corrected chi connectivity index (χ0v) is 7.96. The second-order valence-electron chi connectivity index (χ2n) is 3.09. The van der Waals surface area contributed by atoms with Crippen molar-refractivity contribution in [2.75, 3.05) is 6.54 Å². The van der Waals surface area contributed by atoms with E-state index in [-0.39, 0.29) is 30.0 Å². The number of phenolic OH excluding ortho intramolecular Hbond substituents is 1. The van der Waals surface area contributed by atoms with Gasteiger partial charge in [0.1, 0.15) is 5.75 Å². The molecule has 0 radical (unpaired) electrons. The third-order valence-corrected chi connectivity index (χ3v) is 2.01. The average molecular weight is 212 g/mol. The van der Waals surface area contributed by atoms with E-state index in [0.29, 0.717) is 0 Å². The van der Waals surface area contributed by atoms with Crippen LogP contribution in [0, 0.1) is 10.1 Å². The highest BCUT2D eigenvalue weighted by Gasteiger charge is 2.20.